The first-order chi connectivity index (χ1) is 13.7. The number of para-hydroxylation sites is 1. The van der Waals surface area contributed by atoms with Crippen molar-refractivity contribution in [3.8, 4) is 5.75 Å². The van der Waals surface area contributed by atoms with Crippen LogP contribution in [0, 0.1) is 0 Å². The van der Waals surface area contributed by atoms with Gasteiger partial charge in [-0.25, -0.2) is 9.97 Å². The highest BCUT2D eigenvalue weighted by atomic mass is 16.5. The van der Waals surface area contributed by atoms with Crippen molar-refractivity contribution >= 4 is 22.8 Å². The SMILES string of the molecule is CCOc1ccccc1CNC(=NC)NCCNc1ncnc2c1cnn2C. The lowest BCUT2D eigenvalue weighted by Gasteiger charge is -2.14. The Morgan fingerprint density at radius 3 is 2.86 bits per heavy atom. The highest BCUT2D eigenvalue weighted by Gasteiger charge is 2.07. The second-order valence-electron chi connectivity index (χ2n) is 6.05. The Morgan fingerprint density at radius 2 is 2.04 bits per heavy atom. The summed E-state index contributed by atoms with van der Waals surface area (Å²) < 4.78 is 7.39. The fourth-order valence-electron chi connectivity index (χ4n) is 2.81. The first kappa shape index (κ1) is 19.4. The quantitative estimate of drug-likeness (QED) is 0.309. The molecule has 0 radical (unpaired) electrons. The fraction of sp³-hybridized carbons (Fsp3) is 0.368. The van der Waals surface area contributed by atoms with E-state index in [0.717, 1.165) is 34.1 Å². The van der Waals surface area contributed by atoms with Crippen LogP contribution in [-0.2, 0) is 13.6 Å². The topological polar surface area (TPSA) is 101 Å². The van der Waals surface area contributed by atoms with E-state index in [1.807, 2.05) is 38.2 Å². The molecule has 3 N–H and O–H groups in total. The van der Waals surface area contributed by atoms with Crippen molar-refractivity contribution in [1.82, 2.24) is 30.4 Å². The summed E-state index contributed by atoms with van der Waals surface area (Å²) >= 11 is 0. The number of ether oxygens (including phenoxy) is 1. The highest BCUT2D eigenvalue weighted by Crippen LogP contribution is 2.18. The van der Waals surface area contributed by atoms with Gasteiger partial charge in [0.25, 0.3) is 0 Å². The van der Waals surface area contributed by atoms with Gasteiger partial charge in [0.15, 0.2) is 11.6 Å². The van der Waals surface area contributed by atoms with Gasteiger partial charge in [0.05, 0.1) is 18.2 Å². The summed E-state index contributed by atoms with van der Waals surface area (Å²) in [5, 5.41) is 15.0. The molecule has 0 atom stereocenters. The molecule has 0 bridgehead atoms. The average Bonchev–Trinajstić information content (AvgIpc) is 3.10. The second kappa shape index (κ2) is 9.54. The average molecular weight is 382 g/mol. The molecule has 3 rings (SSSR count). The molecule has 0 saturated carbocycles. The number of hydrogen-bond acceptors (Lipinski definition) is 6. The van der Waals surface area contributed by atoms with Crippen molar-refractivity contribution in [2.24, 2.45) is 12.0 Å². The molecule has 0 fully saturated rings. The lowest BCUT2D eigenvalue weighted by Crippen LogP contribution is -2.39. The van der Waals surface area contributed by atoms with Crippen LogP contribution < -0.4 is 20.7 Å². The summed E-state index contributed by atoms with van der Waals surface area (Å²) in [5.74, 6) is 2.38. The van der Waals surface area contributed by atoms with Gasteiger partial charge in [-0.15, -0.1) is 0 Å². The van der Waals surface area contributed by atoms with Crippen molar-refractivity contribution in [2.45, 2.75) is 13.5 Å². The standard InChI is InChI=1S/C19H26N8O/c1-4-28-16-8-6-5-7-14(16)11-23-19(20-2)22-10-9-21-17-15-12-26-27(3)18(15)25-13-24-17/h5-8,12-13H,4,9-11H2,1-3H3,(H2,20,22,23)(H,21,24,25). The summed E-state index contributed by atoms with van der Waals surface area (Å²) in [6.07, 6.45) is 3.30. The Balaban J connectivity index is 1.48. The van der Waals surface area contributed by atoms with Crippen LogP contribution in [0.5, 0.6) is 5.75 Å². The van der Waals surface area contributed by atoms with Gasteiger partial charge in [-0.1, -0.05) is 18.2 Å². The van der Waals surface area contributed by atoms with E-state index in [9.17, 15) is 0 Å². The number of nitrogens with zero attached hydrogens (tertiary/aromatic N) is 5. The van der Waals surface area contributed by atoms with Gasteiger partial charge in [-0.3, -0.25) is 9.67 Å². The van der Waals surface area contributed by atoms with Gasteiger partial charge < -0.3 is 20.7 Å². The van der Waals surface area contributed by atoms with Crippen LogP contribution in [0.1, 0.15) is 12.5 Å². The van der Waals surface area contributed by atoms with Crippen LogP contribution >= 0.6 is 0 Å². The van der Waals surface area contributed by atoms with Crippen molar-refractivity contribution in [3.63, 3.8) is 0 Å². The normalized spacial score (nSPS) is 11.5. The Hall–Kier alpha value is -3.36. The summed E-state index contributed by atoms with van der Waals surface area (Å²) in [7, 11) is 3.61. The van der Waals surface area contributed by atoms with Crippen LogP contribution in [0.15, 0.2) is 41.8 Å². The summed E-state index contributed by atoms with van der Waals surface area (Å²) in [6.45, 7) is 4.61. The lowest BCUT2D eigenvalue weighted by molar-refractivity contribution is 0.336. The molecule has 0 unspecified atom stereocenters. The molecule has 0 spiro atoms. The van der Waals surface area contributed by atoms with Gasteiger partial charge in [-0.2, -0.15) is 5.10 Å². The maximum Gasteiger partial charge on any atom is 0.191 e. The van der Waals surface area contributed by atoms with E-state index in [0.29, 0.717) is 26.2 Å². The van der Waals surface area contributed by atoms with E-state index >= 15 is 0 Å². The van der Waals surface area contributed by atoms with Gasteiger partial charge in [-0.05, 0) is 13.0 Å². The van der Waals surface area contributed by atoms with Gasteiger partial charge >= 0.3 is 0 Å². The summed E-state index contributed by atoms with van der Waals surface area (Å²) in [4.78, 5) is 12.8. The number of anilines is 1. The molecule has 0 aliphatic rings. The molecule has 0 aliphatic heterocycles. The molecule has 9 nitrogen and oxygen atoms in total. The molecule has 28 heavy (non-hydrogen) atoms. The first-order valence-corrected chi connectivity index (χ1v) is 9.24. The summed E-state index contributed by atoms with van der Waals surface area (Å²) in [6, 6.07) is 7.99. The number of hydrogen-bond donors (Lipinski definition) is 3. The van der Waals surface area contributed by atoms with Crippen LogP contribution in [-0.4, -0.2) is 52.5 Å². The Kier molecular flexibility index (Phi) is 6.61. The minimum atomic E-state index is 0.630. The van der Waals surface area contributed by atoms with Crippen LogP contribution in [0.3, 0.4) is 0 Å². The summed E-state index contributed by atoms with van der Waals surface area (Å²) in [5.41, 5.74) is 1.89. The van der Waals surface area contributed by atoms with E-state index in [-0.39, 0.29) is 0 Å². The van der Waals surface area contributed by atoms with E-state index in [1.165, 1.54) is 6.33 Å². The molecule has 0 aliphatic carbocycles. The number of rotatable bonds is 8. The number of aryl methyl sites for hydroxylation is 1. The van der Waals surface area contributed by atoms with Gasteiger partial charge in [0.1, 0.15) is 17.9 Å². The molecule has 2 aromatic heterocycles. The van der Waals surface area contributed by atoms with Crippen molar-refractivity contribution in [3.05, 3.63) is 42.4 Å². The highest BCUT2D eigenvalue weighted by molar-refractivity contribution is 5.86. The van der Waals surface area contributed by atoms with Gasteiger partial charge in [0, 0.05) is 39.3 Å². The van der Waals surface area contributed by atoms with E-state index < -0.39 is 0 Å². The number of fused-ring (bicyclic) bond motifs is 1. The van der Waals surface area contributed by atoms with Crippen molar-refractivity contribution in [2.75, 3.05) is 32.1 Å². The monoisotopic (exact) mass is 382 g/mol. The molecule has 2 heterocycles. The third kappa shape index (κ3) is 4.67. The smallest absolute Gasteiger partial charge is 0.191 e. The number of aliphatic imine (C=N–C) groups is 1. The molecule has 3 aromatic rings. The first-order valence-electron chi connectivity index (χ1n) is 9.24. The maximum atomic E-state index is 5.66. The maximum absolute atomic E-state index is 5.66. The number of benzene rings is 1. The lowest BCUT2D eigenvalue weighted by atomic mass is 10.2. The minimum absolute atomic E-state index is 0.630. The molecular weight excluding hydrogens is 356 g/mol. The molecule has 0 amide bonds. The Bertz CT molecular complexity index is 937. The van der Waals surface area contributed by atoms with E-state index in [2.05, 4.69) is 36.0 Å². The Labute approximate surface area is 164 Å². The predicted molar refractivity (Wildman–Crippen MR) is 111 cm³/mol. The third-order valence-electron chi connectivity index (χ3n) is 4.18. The zero-order valence-electron chi connectivity index (χ0n) is 16.4. The van der Waals surface area contributed by atoms with Crippen LogP contribution in [0.4, 0.5) is 5.82 Å². The number of aromatic nitrogens is 4. The van der Waals surface area contributed by atoms with Crippen molar-refractivity contribution in [1.29, 1.82) is 0 Å². The van der Waals surface area contributed by atoms with Gasteiger partial charge in [0.2, 0.25) is 0 Å². The Morgan fingerprint density at radius 1 is 1.18 bits per heavy atom. The fourth-order valence-corrected chi connectivity index (χ4v) is 2.81. The third-order valence-corrected chi connectivity index (χ3v) is 4.18. The zero-order chi connectivity index (χ0) is 19.8. The zero-order valence-corrected chi connectivity index (χ0v) is 16.4. The van der Waals surface area contributed by atoms with Crippen molar-refractivity contribution < 1.29 is 4.74 Å². The van der Waals surface area contributed by atoms with E-state index in [1.54, 1.807) is 17.9 Å². The molecule has 0 saturated heterocycles. The minimum Gasteiger partial charge on any atom is -0.494 e. The number of guanidine groups is 1. The largest absolute Gasteiger partial charge is 0.494 e. The molecule has 148 valence electrons. The molecular formula is C19H26N8O. The van der Waals surface area contributed by atoms with E-state index in [4.69, 9.17) is 4.74 Å². The van der Waals surface area contributed by atoms with Crippen LogP contribution in [0.2, 0.25) is 0 Å². The second-order valence-corrected chi connectivity index (χ2v) is 6.05. The predicted octanol–water partition coefficient (Wildman–Crippen LogP) is 1.54. The molecule has 1 aromatic carbocycles. The molecule has 9 heteroatoms. The number of nitrogens with one attached hydrogen (secondary N) is 3. The van der Waals surface area contributed by atoms with Crippen LogP contribution in [0.25, 0.3) is 11.0 Å².